The molecule has 178 valence electrons. The van der Waals surface area contributed by atoms with Crippen molar-refractivity contribution >= 4 is 17.6 Å². The molecular formula is C25H27N3O6. The van der Waals surface area contributed by atoms with Crippen LogP contribution < -0.4 is 5.32 Å². The first-order chi connectivity index (χ1) is 16.3. The summed E-state index contributed by atoms with van der Waals surface area (Å²) < 4.78 is 10.9. The zero-order valence-corrected chi connectivity index (χ0v) is 19.1. The molecule has 1 N–H and O–H groups in total. The summed E-state index contributed by atoms with van der Waals surface area (Å²) in [6, 6.07) is 14.7. The first-order valence-electron chi connectivity index (χ1n) is 11.1. The highest BCUT2D eigenvalue weighted by molar-refractivity contribution is 5.78. The predicted molar refractivity (Wildman–Crippen MR) is 125 cm³/mol. The molecule has 0 bridgehead atoms. The standard InChI is InChI=1S/C25H27N3O6/c1-17(2)33-25(30)15-20(19-11-6-7-12-21(19)28(31)32)27-23(29)13-8-14-24-26-16-22(34-24)18-9-4-3-5-10-18/h3-7,9-12,16-17,20H,8,13-15H2,1-2H3,(H,27,29). The van der Waals surface area contributed by atoms with Crippen molar-refractivity contribution in [1.29, 1.82) is 0 Å². The largest absolute Gasteiger partial charge is 0.463 e. The van der Waals surface area contributed by atoms with Gasteiger partial charge in [-0.15, -0.1) is 0 Å². The Kier molecular flexibility index (Phi) is 8.50. The molecule has 2 aromatic carbocycles. The van der Waals surface area contributed by atoms with Gasteiger partial charge in [0.25, 0.3) is 5.69 Å². The topological polar surface area (TPSA) is 125 Å². The number of oxazole rings is 1. The van der Waals surface area contributed by atoms with Gasteiger partial charge in [-0.05, 0) is 20.3 Å². The lowest BCUT2D eigenvalue weighted by atomic mass is 10.0. The van der Waals surface area contributed by atoms with Crippen LogP contribution in [0.3, 0.4) is 0 Å². The van der Waals surface area contributed by atoms with E-state index in [1.807, 2.05) is 30.3 Å². The maximum absolute atomic E-state index is 12.6. The number of ether oxygens (including phenoxy) is 1. The molecule has 0 fully saturated rings. The van der Waals surface area contributed by atoms with Crippen LogP contribution in [0.1, 0.15) is 50.6 Å². The lowest BCUT2D eigenvalue weighted by molar-refractivity contribution is -0.385. The van der Waals surface area contributed by atoms with Crippen LogP contribution in [0, 0.1) is 10.1 Å². The molecule has 3 aromatic rings. The molecule has 0 radical (unpaired) electrons. The number of carbonyl (C=O) groups is 2. The molecule has 0 aliphatic rings. The van der Waals surface area contributed by atoms with E-state index in [9.17, 15) is 19.7 Å². The highest BCUT2D eigenvalue weighted by atomic mass is 16.6. The SMILES string of the molecule is CC(C)OC(=O)CC(NC(=O)CCCc1ncc(-c2ccccc2)o1)c1ccccc1[N+](=O)[O-]. The molecule has 9 heteroatoms. The van der Waals surface area contributed by atoms with Gasteiger partial charge in [0.1, 0.15) is 0 Å². The molecule has 1 amide bonds. The second kappa shape index (κ2) is 11.7. The minimum atomic E-state index is -0.883. The van der Waals surface area contributed by atoms with Gasteiger partial charge >= 0.3 is 5.97 Å². The van der Waals surface area contributed by atoms with E-state index in [2.05, 4.69) is 10.3 Å². The van der Waals surface area contributed by atoms with Crippen LogP contribution in [0.5, 0.6) is 0 Å². The van der Waals surface area contributed by atoms with Crippen LogP contribution in [0.15, 0.2) is 65.2 Å². The number of amides is 1. The van der Waals surface area contributed by atoms with Gasteiger partial charge in [-0.25, -0.2) is 4.98 Å². The number of esters is 1. The maximum atomic E-state index is 12.6. The number of benzene rings is 2. The number of nitrogens with zero attached hydrogens (tertiary/aromatic N) is 2. The molecular weight excluding hydrogens is 438 g/mol. The summed E-state index contributed by atoms with van der Waals surface area (Å²) in [5, 5.41) is 14.2. The number of aromatic nitrogens is 1. The minimum absolute atomic E-state index is 0.138. The lowest BCUT2D eigenvalue weighted by Gasteiger charge is -2.19. The smallest absolute Gasteiger partial charge is 0.308 e. The van der Waals surface area contributed by atoms with Crippen molar-refractivity contribution in [2.24, 2.45) is 0 Å². The Hall–Kier alpha value is -4.01. The number of carbonyl (C=O) groups excluding carboxylic acids is 2. The fourth-order valence-electron chi connectivity index (χ4n) is 3.49. The molecule has 0 aliphatic heterocycles. The van der Waals surface area contributed by atoms with E-state index >= 15 is 0 Å². The van der Waals surface area contributed by atoms with Crippen molar-refractivity contribution in [3.05, 3.63) is 82.4 Å². The van der Waals surface area contributed by atoms with E-state index in [1.165, 1.54) is 18.2 Å². The molecule has 34 heavy (non-hydrogen) atoms. The Morgan fingerprint density at radius 1 is 1.12 bits per heavy atom. The third-order valence-corrected chi connectivity index (χ3v) is 4.99. The van der Waals surface area contributed by atoms with Crippen molar-refractivity contribution in [1.82, 2.24) is 10.3 Å². The van der Waals surface area contributed by atoms with Crippen molar-refractivity contribution in [3.63, 3.8) is 0 Å². The average Bonchev–Trinajstić information content (AvgIpc) is 3.27. The maximum Gasteiger partial charge on any atom is 0.308 e. The van der Waals surface area contributed by atoms with Crippen LogP contribution in [0.4, 0.5) is 5.69 Å². The van der Waals surface area contributed by atoms with Crippen LogP contribution in [-0.2, 0) is 20.7 Å². The lowest BCUT2D eigenvalue weighted by Crippen LogP contribution is -2.31. The van der Waals surface area contributed by atoms with Gasteiger partial charge < -0.3 is 14.5 Å². The molecule has 1 atom stereocenters. The van der Waals surface area contributed by atoms with Gasteiger partial charge in [0.15, 0.2) is 11.7 Å². The summed E-state index contributed by atoms with van der Waals surface area (Å²) in [6.45, 7) is 3.42. The predicted octanol–water partition coefficient (Wildman–Crippen LogP) is 4.77. The van der Waals surface area contributed by atoms with E-state index < -0.39 is 16.9 Å². The number of nitro benzene ring substituents is 1. The monoisotopic (exact) mass is 465 g/mol. The van der Waals surface area contributed by atoms with Gasteiger partial charge in [0.2, 0.25) is 5.91 Å². The molecule has 0 aliphatic carbocycles. The Morgan fingerprint density at radius 3 is 2.53 bits per heavy atom. The summed E-state index contributed by atoms with van der Waals surface area (Å²) in [7, 11) is 0. The number of hydrogen-bond acceptors (Lipinski definition) is 7. The van der Waals surface area contributed by atoms with Crippen LogP contribution in [-0.4, -0.2) is 27.9 Å². The van der Waals surface area contributed by atoms with Crippen LogP contribution in [0.2, 0.25) is 0 Å². The Labute approximate surface area is 197 Å². The van der Waals surface area contributed by atoms with Crippen molar-refractivity contribution < 1.29 is 23.7 Å². The summed E-state index contributed by atoms with van der Waals surface area (Å²) in [4.78, 5) is 40.1. The summed E-state index contributed by atoms with van der Waals surface area (Å²) >= 11 is 0. The van der Waals surface area contributed by atoms with E-state index in [0.717, 1.165) is 5.56 Å². The van der Waals surface area contributed by atoms with Crippen molar-refractivity contribution in [3.8, 4) is 11.3 Å². The highest BCUT2D eigenvalue weighted by Gasteiger charge is 2.26. The van der Waals surface area contributed by atoms with Crippen LogP contribution in [0.25, 0.3) is 11.3 Å². The molecule has 0 saturated carbocycles. The number of hydrogen-bond donors (Lipinski definition) is 1. The fraction of sp³-hybridized carbons (Fsp3) is 0.320. The third-order valence-electron chi connectivity index (χ3n) is 4.99. The third kappa shape index (κ3) is 6.99. The number of nitrogens with one attached hydrogen (secondary N) is 1. The zero-order chi connectivity index (χ0) is 24.5. The Balaban J connectivity index is 1.62. The van der Waals surface area contributed by atoms with E-state index in [4.69, 9.17) is 9.15 Å². The normalized spacial score (nSPS) is 11.7. The molecule has 1 unspecified atom stereocenters. The first-order valence-corrected chi connectivity index (χ1v) is 11.1. The second-order valence-corrected chi connectivity index (χ2v) is 8.02. The molecule has 9 nitrogen and oxygen atoms in total. The molecule has 1 aromatic heterocycles. The highest BCUT2D eigenvalue weighted by Crippen LogP contribution is 2.28. The molecule has 3 rings (SSSR count). The first kappa shape index (κ1) is 24.6. The summed E-state index contributed by atoms with van der Waals surface area (Å²) in [5.41, 5.74) is 1.000. The van der Waals surface area contributed by atoms with E-state index in [-0.39, 0.29) is 36.1 Å². The molecule has 1 heterocycles. The van der Waals surface area contributed by atoms with Gasteiger partial charge in [-0.2, -0.15) is 0 Å². The minimum Gasteiger partial charge on any atom is -0.463 e. The summed E-state index contributed by atoms with van der Waals surface area (Å²) in [5.74, 6) is 0.282. The quantitative estimate of drug-likeness (QED) is 0.246. The van der Waals surface area contributed by atoms with E-state index in [0.29, 0.717) is 24.5 Å². The number of nitro groups is 1. The van der Waals surface area contributed by atoms with Gasteiger partial charge in [0.05, 0.1) is 35.3 Å². The second-order valence-electron chi connectivity index (χ2n) is 8.02. The number of aryl methyl sites for hydroxylation is 1. The Morgan fingerprint density at radius 2 is 1.82 bits per heavy atom. The van der Waals surface area contributed by atoms with Gasteiger partial charge in [0, 0.05) is 24.5 Å². The van der Waals surface area contributed by atoms with Crippen LogP contribution >= 0.6 is 0 Å². The Bertz CT molecular complexity index is 1130. The van der Waals surface area contributed by atoms with Gasteiger partial charge in [-0.3, -0.25) is 19.7 Å². The fourth-order valence-corrected chi connectivity index (χ4v) is 3.49. The molecule has 0 spiro atoms. The average molecular weight is 466 g/mol. The summed E-state index contributed by atoms with van der Waals surface area (Å²) in [6.07, 6.45) is 2.15. The number of rotatable bonds is 11. The van der Waals surface area contributed by atoms with Crippen molar-refractivity contribution in [2.75, 3.05) is 0 Å². The van der Waals surface area contributed by atoms with Crippen molar-refractivity contribution in [2.45, 2.75) is 51.7 Å². The molecule has 0 saturated heterocycles. The zero-order valence-electron chi connectivity index (χ0n) is 19.1. The number of para-hydroxylation sites is 1. The van der Waals surface area contributed by atoms with Gasteiger partial charge in [-0.1, -0.05) is 48.5 Å². The van der Waals surface area contributed by atoms with E-state index in [1.54, 1.807) is 26.1 Å².